The minimum Gasteiger partial charge on any atom is -0.324 e. The maximum absolute atomic E-state index is 10.6. The van der Waals surface area contributed by atoms with E-state index in [2.05, 4.69) is 41.0 Å². The van der Waals surface area contributed by atoms with Gasteiger partial charge in [-0.15, -0.1) is 0 Å². The molecule has 64 valence electrons. The minimum absolute atomic E-state index is 0.118. The van der Waals surface area contributed by atoms with Gasteiger partial charge < -0.3 is 4.52 Å². The lowest BCUT2D eigenvalue weighted by atomic mass is 10.6. The zero-order chi connectivity index (χ0) is 8.55. The van der Waals surface area contributed by atoms with Gasteiger partial charge in [0.1, 0.15) is 0 Å². The maximum Gasteiger partial charge on any atom is 0.338 e. The highest BCUT2D eigenvalue weighted by Crippen LogP contribution is 2.00. The van der Waals surface area contributed by atoms with E-state index in [-0.39, 0.29) is 16.5 Å². The SMILES string of the molecule is O=S1NC(c2noc(=S)[nH]2)=NO1. The van der Waals surface area contributed by atoms with Crippen LogP contribution in [0.25, 0.3) is 0 Å². The van der Waals surface area contributed by atoms with Crippen LogP contribution < -0.4 is 4.72 Å². The van der Waals surface area contributed by atoms with Crippen LogP contribution in [0, 0.1) is 4.84 Å². The van der Waals surface area contributed by atoms with Gasteiger partial charge in [-0.2, -0.15) is 4.21 Å². The van der Waals surface area contributed by atoms with E-state index in [1.165, 1.54) is 0 Å². The Balaban J connectivity index is 2.32. The molecule has 1 aliphatic heterocycles. The summed E-state index contributed by atoms with van der Waals surface area (Å²) in [6.07, 6.45) is 0. The molecule has 2 N–H and O–H groups in total. The summed E-state index contributed by atoms with van der Waals surface area (Å²) in [6, 6.07) is 0. The van der Waals surface area contributed by atoms with Gasteiger partial charge in [0.2, 0.25) is 11.7 Å². The Hall–Kier alpha value is -1.22. The molecule has 0 radical (unpaired) electrons. The van der Waals surface area contributed by atoms with Crippen molar-refractivity contribution >= 4 is 29.3 Å². The Morgan fingerprint density at radius 2 is 2.42 bits per heavy atom. The number of H-pyrrole nitrogens is 1. The first-order chi connectivity index (χ1) is 5.75. The molecule has 0 fully saturated rings. The lowest BCUT2D eigenvalue weighted by Gasteiger charge is -1.86. The highest BCUT2D eigenvalue weighted by molar-refractivity contribution is 7.79. The van der Waals surface area contributed by atoms with E-state index in [4.69, 9.17) is 0 Å². The summed E-state index contributed by atoms with van der Waals surface area (Å²) < 4.78 is 21.9. The lowest BCUT2D eigenvalue weighted by Crippen LogP contribution is -2.21. The van der Waals surface area contributed by atoms with E-state index in [9.17, 15) is 4.21 Å². The lowest BCUT2D eigenvalue weighted by molar-refractivity contribution is 0.383. The number of amidine groups is 1. The van der Waals surface area contributed by atoms with Crippen LogP contribution in [-0.2, 0) is 15.6 Å². The van der Waals surface area contributed by atoms with Crippen molar-refractivity contribution in [1.29, 1.82) is 0 Å². The molecule has 0 bridgehead atoms. The summed E-state index contributed by atoms with van der Waals surface area (Å²) >= 11 is 2.98. The predicted molar refractivity (Wildman–Crippen MR) is 40.6 cm³/mol. The standard InChI is InChI=1S/C3H2N4O3S2/c8-12-7-2(6-10-12)1-4-3(11)9-5-1/h(H,6,7)(H,4,5,11). The number of aromatic amines is 1. The highest BCUT2D eigenvalue weighted by atomic mass is 32.2. The van der Waals surface area contributed by atoms with Crippen LogP contribution in [0.4, 0.5) is 0 Å². The molecule has 1 unspecified atom stereocenters. The largest absolute Gasteiger partial charge is 0.338 e. The van der Waals surface area contributed by atoms with Crippen molar-refractivity contribution in [1.82, 2.24) is 14.9 Å². The zero-order valence-electron chi connectivity index (χ0n) is 5.44. The topological polar surface area (TPSA) is 92.5 Å². The van der Waals surface area contributed by atoms with Crippen molar-refractivity contribution in [2.75, 3.05) is 0 Å². The Morgan fingerprint density at radius 3 is 2.92 bits per heavy atom. The van der Waals surface area contributed by atoms with Crippen LogP contribution in [0.3, 0.4) is 0 Å². The van der Waals surface area contributed by atoms with Crippen molar-refractivity contribution in [2.24, 2.45) is 5.16 Å². The van der Waals surface area contributed by atoms with Crippen LogP contribution >= 0.6 is 12.2 Å². The maximum atomic E-state index is 10.6. The molecule has 0 spiro atoms. The Kier molecular flexibility index (Phi) is 1.66. The van der Waals surface area contributed by atoms with Gasteiger partial charge in [0.15, 0.2) is 0 Å². The first-order valence-corrected chi connectivity index (χ1v) is 4.24. The highest BCUT2D eigenvalue weighted by Gasteiger charge is 2.19. The van der Waals surface area contributed by atoms with Crippen LogP contribution in [-0.4, -0.2) is 20.2 Å². The number of hydrogen-bond acceptors (Lipinski definition) is 6. The Bertz CT molecular complexity index is 406. The molecule has 0 aliphatic carbocycles. The first kappa shape index (κ1) is 7.43. The molecule has 1 aliphatic rings. The summed E-state index contributed by atoms with van der Waals surface area (Å²) in [6.45, 7) is 0. The number of hydrogen-bond donors (Lipinski definition) is 2. The van der Waals surface area contributed by atoms with Crippen molar-refractivity contribution in [2.45, 2.75) is 0 Å². The smallest absolute Gasteiger partial charge is 0.324 e. The van der Waals surface area contributed by atoms with E-state index in [1.807, 2.05) is 0 Å². The number of rotatable bonds is 1. The molecule has 12 heavy (non-hydrogen) atoms. The third-order valence-electron chi connectivity index (χ3n) is 1.04. The van der Waals surface area contributed by atoms with Crippen molar-refractivity contribution in [3.63, 3.8) is 0 Å². The molecule has 0 aromatic carbocycles. The zero-order valence-corrected chi connectivity index (χ0v) is 7.07. The number of nitrogens with one attached hydrogen (secondary N) is 2. The molecular formula is C3H2N4O3S2. The van der Waals surface area contributed by atoms with Gasteiger partial charge in [-0.25, -0.2) is 4.72 Å². The quantitative estimate of drug-likeness (QED) is 0.609. The second-order valence-corrected chi connectivity index (χ2v) is 2.99. The first-order valence-electron chi connectivity index (χ1n) is 2.76. The summed E-state index contributed by atoms with van der Waals surface area (Å²) in [7, 11) is 0. The molecule has 1 aromatic rings. The molecule has 7 nitrogen and oxygen atoms in total. The van der Waals surface area contributed by atoms with Crippen LogP contribution in [0.1, 0.15) is 5.82 Å². The third-order valence-corrected chi connectivity index (χ3v) is 1.79. The van der Waals surface area contributed by atoms with Gasteiger partial charge in [-0.05, 0) is 17.4 Å². The average molecular weight is 206 g/mol. The van der Waals surface area contributed by atoms with E-state index >= 15 is 0 Å². The molecule has 0 amide bonds. The van der Waals surface area contributed by atoms with Crippen LogP contribution in [0.15, 0.2) is 9.68 Å². The fourth-order valence-corrected chi connectivity index (χ4v) is 1.22. The third kappa shape index (κ3) is 1.23. The summed E-state index contributed by atoms with van der Waals surface area (Å²) in [5.74, 6) is 0.457. The second kappa shape index (κ2) is 2.68. The fourth-order valence-electron chi connectivity index (χ4n) is 0.611. The molecule has 2 heterocycles. The number of nitrogens with zero attached hydrogens (tertiary/aromatic N) is 2. The van der Waals surface area contributed by atoms with Crippen molar-refractivity contribution < 1.29 is 13.0 Å². The van der Waals surface area contributed by atoms with Crippen LogP contribution in [0.5, 0.6) is 0 Å². The molecule has 1 aromatic heterocycles. The Labute approximate surface area is 73.6 Å². The second-order valence-electron chi connectivity index (χ2n) is 1.79. The van der Waals surface area contributed by atoms with E-state index in [1.54, 1.807) is 0 Å². The summed E-state index contributed by atoms with van der Waals surface area (Å²) in [4.78, 5) is 2.69. The van der Waals surface area contributed by atoms with Crippen LogP contribution in [0.2, 0.25) is 0 Å². The average Bonchev–Trinajstić information content (AvgIpc) is 2.58. The monoisotopic (exact) mass is 206 g/mol. The summed E-state index contributed by atoms with van der Waals surface area (Å²) in [5, 5.41) is 6.90. The van der Waals surface area contributed by atoms with E-state index in [0.29, 0.717) is 0 Å². The van der Waals surface area contributed by atoms with E-state index < -0.39 is 11.3 Å². The predicted octanol–water partition coefficient (Wildman–Crippen LogP) is -0.408. The van der Waals surface area contributed by atoms with Crippen molar-refractivity contribution in [3.8, 4) is 0 Å². The Morgan fingerprint density at radius 1 is 1.58 bits per heavy atom. The molecule has 2 rings (SSSR count). The van der Waals surface area contributed by atoms with Gasteiger partial charge in [0.25, 0.3) is 4.84 Å². The fraction of sp³-hybridized carbons (Fsp3) is 0. The van der Waals surface area contributed by atoms with Gasteiger partial charge >= 0.3 is 11.3 Å². The molecular weight excluding hydrogens is 204 g/mol. The molecule has 0 saturated heterocycles. The number of aromatic nitrogens is 2. The van der Waals surface area contributed by atoms with Crippen molar-refractivity contribution in [3.05, 3.63) is 10.7 Å². The normalized spacial score (nSPS) is 21.3. The van der Waals surface area contributed by atoms with Gasteiger partial charge in [-0.3, -0.25) is 9.27 Å². The van der Waals surface area contributed by atoms with Gasteiger partial charge in [-0.1, -0.05) is 5.16 Å². The molecule has 9 heteroatoms. The number of oxime groups is 1. The molecule has 1 atom stereocenters. The van der Waals surface area contributed by atoms with E-state index in [0.717, 1.165) is 0 Å². The van der Waals surface area contributed by atoms with Gasteiger partial charge in [0, 0.05) is 0 Å². The minimum atomic E-state index is -1.63. The van der Waals surface area contributed by atoms with Gasteiger partial charge in [0.05, 0.1) is 0 Å². The summed E-state index contributed by atoms with van der Waals surface area (Å²) in [5.41, 5.74) is 0. The molecule has 0 saturated carbocycles.